The number of carboxylic acid groups (broad SMARTS) is 1. The molecule has 1 aliphatic heterocycles. The number of aliphatic carboxylic acids is 1. The molecular weight excluding hydrogens is 502 g/mol. The number of carbonyl (C=O) groups is 1. The first-order chi connectivity index (χ1) is 19.2. The van der Waals surface area contributed by atoms with Crippen LogP contribution in [0.25, 0.3) is 11.4 Å². The lowest BCUT2D eigenvalue weighted by atomic mass is 9.79. The van der Waals surface area contributed by atoms with E-state index in [2.05, 4.69) is 48.5 Å². The van der Waals surface area contributed by atoms with Crippen LogP contribution in [-0.2, 0) is 27.8 Å². The molecule has 8 nitrogen and oxygen atoms in total. The van der Waals surface area contributed by atoms with Crippen LogP contribution in [0.3, 0.4) is 0 Å². The minimum atomic E-state index is -0.917. The highest BCUT2D eigenvalue weighted by Crippen LogP contribution is 2.34. The highest BCUT2D eigenvalue weighted by molar-refractivity contribution is 5.77. The van der Waals surface area contributed by atoms with Gasteiger partial charge in [-0.1, -0.05) is 57.2 Å². The van der Waals surface area contributed by atoms with Crippen LogP contribution in [0.15, 0.2) is 48.5 Å². The lowest BCUT2D eigenvalue weighted by Gasteiger charge is -2.35. The monoisotopic (exact) mass is 543 g/mol. The number of hydrogen-bond acceptors (Lipinski definition) is 7. The minimum absolute atomic E-state index is 0.203. The molecule has 1 aliphatic carbocycles. The molecule has 0 amide bonds. The Morgan fingerprint density at radius 2 is 1.93 bits per heavy atom. The molecule has 1 fully saturated rings. The molecule has 0 spiro atoms. The molecule has 8 heteroatoms. The molecule has 1 saturated carbocycles. The third-order valence-corrected chi connectivity index (χ3v) is 7.86. The summed E-state index contributed by atoms with van der Waals surface area (Å²) in [6.45, 7) is 7.66. The van der Waals surface area contributed by atoms with Crippen molar-refractivity contribution in [1.82, 2.24) is 15.0 Å². The number of rotatable bonds is 11. The number of aryl methyl sites for hydroxylation is 2. The molecule has 2 aromatic heterocycles. The van der Waals surface area contributed by atoms with E-state index in [0.29, 0.717) is 30.6 Å². The fourth-order valence-corrected chi connectivity index (χ4v) is 5.32. The molecule has 1 aromatic carbocycles. The zero-order chi connectivity index (χ0) is 28.1. The van der Waals surface area contributed by atoms with E-state index in [4.69, 9.17) is 14.7 Å². The number of ether oxygens (including phenoxy) is 1. The highest BCUT2D eigenvalue weighted by atomic mass is 16.5. The van der Waals surface area contributed by atoms with Gasteiger partial charge in [0, 0.05) is 42.3 Å². The van der Waals surface area contributed by atoms with Gasteiger partial charge in [0.15, 0.2) is 5.82 Å². The number of fused-ring (bicyclic) bond motifs is 1. The quantitative estimate of drug-likeness (QED) is 0.275. The van der Waals surface area contributed by atoms with E-state index in [-0.39, 0.29) is 11.5 Å². The minimum Gasteiger partial charge on any atom is -0.480 e. The summed E-state index contributed by atoms with van der Waals surface area (Å²) in [5.41, 5.74) is 4.02. The molecule has 212 valence electrons. The fraction of sp³-hybridized carbons (Fsp3) is 0.500. The molecule has 3 N–H and O–H groups in total. The number of nitrogens with one attached hydrogen (secondary N) is 2. The molecule has 3 aromatic rings. The van der Waals surface area contributed by atoms with Crippen molar-refractivity contribution in [3.05, 3.63) is 65.5 Å². The maximum absolute atomic E-state index is 12.1. The second-order valence-corrected chi connectivity index (χ2v) is 12.1. The van der Waals surface area contributed by atoms with Crippen molar-refractivity contribution in [2.75, 3.05) is 23.8 Å². The van der Waals surface area contributed by atoms with Crippen LogP contribution in [0.4, 0.5) is 11.6 Å². The Morgan fingerprint density at radius 3 is 2.67 bits per heavy atom. The normalized spacial score (nSPS) is 19.2. The van der Waals surface area contributed by atoms with Crippen LogP contribution in [-0.4, -0.2) is 51.3 Å². The van der Waals surface area contributed by atoms with Gasteiger partial charge in [0.25, 0.3) is 0 Å². The van der Waals surface area contributed by atoms with Crippen molar-refractivity contribution >= 4 is 17.6 Å². The first-order valence-corrected chi connectivity index (χ1v) is 14.5. The zero-order valence-corrected chi connectivity index (χ0v) is 23.8. The van der Waals surface area contributed by atoms with Gasteiger partial charge < -0.3 is 20.5 Å². The third kappa shape index (κ3) is 7.16. The summed E-state index contributed by atoms with van der Waals surface area (Å²) in [5, 5.41) is 16.5. The predicted octanol–water partition coefficient (Wildman–Crippen LogP) is 5.88. The molecule has 1 atom stereocenters. The number of benzene rings is 1. The second-order valence-electron chi connectivity index (χ2n) is 12.1. The lowest BCUT2D eigenvalue weighted by molar-refractivity contribution is -0.138. The number of aromatic nitrogens is 3. The van der Waals surface area contributed by atoms with Crippen molar-refractivity contribution in [1.29, 1.82) is 0 Å². The molecule has 2 aliphatic rings. The summed E-state index contributed by atoms with van der Waals surface area (Å²) in [6.07, 6.45) is 6.99. The van der Waals surface area contributed by atoms with Gasteiger partial charge in [-0.15, -0.1) is 0 Å². The first kappa shape index (κ1) is 28.0. The highest BCUT2D eigenvalue weighted by Gasteiger charge is 2.30. The Balaban J connectivity index is 1.10. The first-order valence-electron chi connectivity index (χ1n) is 14.5. The third-order valence-electron chi connectivity index (χ3n) is 7.86. The van der Waals surface area contributed by atoms with Crippen LogP contribution < -0.4 is 10.6 Å². The van der Waals surface area contributed by atoms with Crippen molar-refractivity contribution in [3.8, 4) is 11.4 Å². The van der Waals surface area contributed by atoms with Crippen molar-refractivity contribution < 1.29 is 14.6 Å². The Morgan fingerprint density at radius 1 is 1.12 bits per heavy atom. The maximum atomic E-state index is 12.1. The Kier molecular flexibility index (Phi) is 8.64. The molecule has 3 heterocycles. The standard InChI is InChI=1S/C32H41N5O3/c1-32(2,3)27-20-28(37-30(36-27)22-8-5-4-6-9-22)35-26(31(38)39)15-17-40-25-18-21(19-25)11-13-24-14-12-23-10-7-16-33-29(23)34-24/h4-6,8-9,12,14,20-21,25-26H,7,10-11,13,15-19H2,1-3H3,(H,33,34)(H,38,39)(H,35,36,37)/t21-,25-,26-/m0/s1. The van der Waals surface area contributed by atoms with Crippen LogP contribution in [0, 0.1) is 5.92 Å². The van der Waals surface area contributed by atoms with E-state index in [1.54, 1.807) is 0 Å². The number of nitrogens with zero attached hydrogens (tertiary/aromatic N) is 3. The summed E-state index contributed by atoms with van der Waals surface area (Å²) >= 11 is 0. The summed E-state index contributed by atoms with van der Waals surface area (Å²) in [4.78, 5) is 26.3. The van der Waals surface area contributed by atoms with E-state index in [1.165, 1.54) is 12.0 Å². The molecule has 0 saturated heterocycles. The SMILES string of the molecule is CC(C)(C)c1cc(N[C@@H](CCO[C@H]2C[C@H](CCc3ccc4c(n3)NCCC4)C2)C(=O)O)nc(-c2ccccc2)n1. The zero-order valence-electron chi connectivity index (χ0n) is 23.8. The van der Waals surface area contributed by atoms with E-state index >= 15 is 0 Å². The predicted molar refractivity (Wildman–Crippen MR) is 158 cm³/mol. The van der Waals surface area contributed by atoms with Gasteiger partial charge in [0.05, 0.1) is 11.8 Å². The Hall–Kier alpha value is -3.52. The van der Waals surface area contributed by atoms with E-state index in [0.717, 1.165) is 61.4 Å². The Bertz CT molecular complexity index is 1300. The summed E-state index contributed by atoms with van der Waals surface area (Å²) in [7, 11) is 0. The topological polar surface area (TPSA) is 109 Å². The number of pyridine rings is 1. The molecule has 0 bridgehead atoms. The smallest absolute Gasteiger partial charge is 0.326 e. The molecule has 0 radical (unpaired) electrons. The number of carboxylic acids is 1. The summed E-state index contributed by atoms with van der Waals surface area (Å²) in [5.74, 6) is 1.88. The van der Waals surface area contributed by atoms with Crippen molar-refractivity contribution in [2.45, 2.75) is 83.3 Å². The Labute approximate surface area is 237 Å². The fourth-order valence-electron chi connectivity index (χ4n) is 5.32. The molecule has 5 rings (SSSR count). The van der Waals surface area contributed by atoms with Crippen LogP contribution in [0.2, 0.25) is 0 Å². The average Bonchev–Trinajstić information content (AvgIpc) is 2.92. The van der Waals surface area contributed by atoms with Gasteiger partial charge in [-0.25, -0.2) is 19.7 Å². The van der Waals surface area contributed by atoms with Crippen LogP contribution in [0.1, 0.15) is 69.8 Å². The molecule has 0 unspecified atom stereocenters. The molecular formula is C32H41N5O3. The van der Waals surface area contributed by atoms with Gasteiger partial charge in [-0.2, -0.15) is 0 Å². The van der Waals surface area contributed by atoms with Crippen molar-refractivity contribution in [3.63, 3.8) is 0 Å². The summed E-state index contributed by atoms with van der Waals surface area (Å²) in [6, 6.07) is 15.2. The lowest BCUT2D eigenvalue weighted by Crippen LogP contribution is -2.35. The maximum Gasteiger partial charge on any atom is 0.326 e. The number of hydrogen-bond donors (Lipinski definition) is 3. The number of anilines is 2. The van der Waals surface area contributed by atoms with E-state index in [1.807, 2.05) is 36.4 Å². The van der Waals surface area contributed by atoms with Gasteiger partial charge >= 0.3 is 5.97 Å². The van der Waals surface area contributed by atoms with Gasteiger partial charge in [0.1, 0.15) is 17.7 Å². The van der Waals surface area contributed by atoms with Gasteiger partial charge in [-0.3, -0.25) is 0 Å². The van der Waals surface area contributed by atoms with Gasteiger partial charge in [-0.05, 0) is 56.1 Å². The summed E-state index contributed by atoms with van der Waals surface area (Å²) < 4.78 is 6.06. The second kappa shape index (κ2) is 12.3. The van der Waals surface area contributed by atoms with Gasteiger partial charge in [0.2, 0.25) is 0 Å². The largest absolute Gasteiger partial charge is 0.480 e. The van der Waals surface area contributed by atoms with Crippen LogP contribution >= 0.6 is 0 Å². The van der Waals surface area contributed by atoms with E-state index in [9.17, 15) is 9.90 Å². The van der Waals surface area contributed by atoms with Crippen molar-refractivity contribution in [2.24, 2.45) is 5.92 Å². The average molecular weight is 544 g/mol. The van der Waals surface area contributed by atoms with Crippen LogP contribution in [0.5, 0.6) is 0 Å². The van der Waals surface area contributed by atoms with E-state index < -0.39 is 12.0 Å². The molecule has 40 heavy (non-hydrogen) atoms.